The van der Waals surface area contributed by atoms with Crippen molar-refractivity contribution in [1.82, 2.24) is 0 Å². The highest BCUT2D eigenvalue weighted by Gasteiger charge is 2.20. The van der Waals surface area contributed by atoms with Gasteiger partial charge in [0.25, 0.3) is 0 Å². The molecule has 0 fully saturated rings. The van der Waals surface area contributed by atoms with Crippen LogP contribution in [0.2, 0.25) is 0 Å². The van der Waals surface area contributed by atoms with E-state index < -0.39 is 12.9 Å². The molecule has 82 valence electrons. The molecular weight excluding hydrogens is 194 g/mol. The molecule has 0 radical (unpaired) electrons. The smallest absolute Gasteiger partial charge is 0.423 e. The molecule has 1 rings (SSSR count). The highest BCUT2D eigenvalue weighted by molar-refractivity contribution is 6.60. The molecule has 0 saturated carbocycles. The van der Waals surface area contributed by atoms with E-state index in [0.717, 1.165) is 5.56 Å². The molecule has 0 bridgehead atoms. The lowest BCUT2D eigenvalue weighted by Gasteiger charge is -2.10. The molecule has 15 heavy (non-hydrogen) atoms. The molecule has 1 aromatic carbocycles. The highest BCUT2D eigenvalue weighted by Crippen LogP contribution is 2.14. The Balaban J connectivity index is 2.92. The summed E-state index contributed by atoms with van der Waals surface area (Å²) in [7, 11) is -1.17. The van der Waals surface area contributed by atoms with E-state index >= 15 is 0 Å². The van der Waals surface area contributed by atoms with Crippen LogP contribution in [0.4, 0.5) is 4.39 Å². The second-order valence-electron chi connectivity index (χ2n) is 3.74. The molecule has 0 atom stereocenters. The Morgan fingerprint density at radius 1 is 1.47 bits per heavy atom. The van der Waals surface area contributed by atoms with Crippen LogP contribution >= 0.6 is 0 Å². The molecule has 0 amide bonds. The van der Waals surface area contributed by atoms with E-state index in [9.17, 15) is 9.41 Å². The molecule has 1 N–H and O–H groups in total. The fourth-order valence-corrected chi connectivity index (χ4v) is 1.35. The maximum absolute atomic E-state index is 13.5. The lowest BCUT2D eigenvalue weighted by Crippen LogP contribution is -2.36. The molecule has 4 heteroatoms. The number of rotatable bonds is 4. The summed E-state index contributed by atoms with van der Waals surface area (Å²) in [5.41, 5.74) is 1.11. The SMILES string of the molecule is CCOB(O)c1ccc(C(C)C)cc1F. The third kappa shape index (κ3) is 3.04. The van der Waals surface area contributed by atoms with Crippen molar-refractivity contribution in [1.29, 1.82) is 0 Å². The van der Waals surface area contributed by atoms with Crippen molar-refractivity contribution in [2.24, 2.45) is 0 Å². The van der Waals surface area contributed by atoms with Crippen LogP contribution in [-0.4, -0.2) is 18.7 Å². The van der Waals surface area contributed by atoms with Crippen molar-refractivity contribution in [3.63, 3.8) is 0 Å². The predicted octanol–water partition coefficient (Wildman–Crippen LogP) is 1.67. The van der Waals surface area contributed by atoms with Gasteiger partial charge in [0.05, 0.1) is 0 Å². The first-order valence-electron chi connectivity index (χ1n) is 5.15. The molecular formula is C11H16BFO2. The van der Waals surface area contributed by atoms with Crippen LogP contribution in [0.5, 0.6) is 0 Å². The zero-order chi connectivity index (χ0) is 11.4. The molecule has 0 aliphatic heterocycles. The van der Waals surface area contributed by atoms with Gasteiger partial charge in [-0.1, -0.05) is 26.0 Å². The second-order valence-corrected chi connectivity index (χ2v) is 3.74. The van der Waals surface area contributed by atoms with E-state index in [1.165, 1.54) is 6.07 Å². The summed E-state index contributed by atoms with van der Waals surface area (Å²) in [5, 5.41) is 9.47. The molecule has 0 unspecified atom stereocenters. The Hall–Kier alpha value is -0.865. The van der Waals surface area contributed by atoms with Crippen molar-refractivity contribution in [2.75, 3.05) is 6.61 Å². The second kappa shape index (κ2) is 5.28. The molecule has 0 aromatic heterocycles. The summed E-state index contributed by atoms with van der Waals surface area (Å²) in [6.07, 6.45) is 0. The first-order valence-corrected chi connectivity index (χ1v) is 5.15. The van der Waals surface area contributed by atoms with Gasteiger partial charge in [-0.25, -0.2) is 4.39 Å². The van der Waals surface area contributed by atoms with E-state index in [0.29, 0.717) is 6.61 Å². The zero-order valence-corrected chi connectivity index (χ0v) is 9.33. The number of benzene rings is 1. The van der Waals surface area contributed by atoms with Gasteiger partial charge in [0.15, 0.2) is 0 Å². The van der Waals surface area contributed by atoms with Gasteiger partial charge in [-0.3, -0.25) is 0 Å². The quantitative estimate of drug-likeness (QED) is 0.766. The largest absolute Gasteiger partial charge is 0.494 e. The summed E-state index contributed by atoms with van der Waals surface area (Å²) < 4.78 is 18.5. The summed E-state index contributed by atoms with van der Waals surface area (Å²) >= 11 is 0. The van der Waals surface area contributed by atoms with Gasteiger partial charge in [0.2, 0.25) is 0 Å². The van der Waals surface area contributed by atoms with Gasteiger partial charge in [-0.15, -0.1) is 0 Å². The molecule has 0 aliphatic carbocycles. The monoisotopic (exact) mass is 210 g/mol. The van der Waals surface area contributed by atoms with E-state index in [1.54, 1.807) is 13.0 Å². The fraction of sp³-hybridized carbons (Fsp3) is 0.455. The standard InChI is InChI=1S/C11H16BFO2/c1-4-15-12(14)10-6-5-9(8(2)3)7-11(10)13/h5-8,14H,4H2,1-3H3. The minimum atomic E-state index is -1.17. The van der Waals surface area contributed by atoms with Crippen molar-refractivity contribution in [2.45, 2.75) is 26.7 Å². The summed E-state index contributed by atoms with van der Waals surface area (Å²) in [5.74, 6) is -0.139. The van der Waals surface area contributed by atoms with Crippen LogP contribution in [0, 0.1) is 5.82 Å². The molecule has 1 aromatic rings. The maximum Gasteiger partial charge on any atom is 0.494 e. The van der Waals surface area contributed by atoms with Gasteiger partial charge in [-0.05, 0) is 24.5 Å². The molecule has 0 saturated heterocycles. The molecule has 0 aliphatic rings. The lowest BCUT2D eigenvalue weighted by molar-refractivity contribution is 0.286. The van der Waals surface area contributed by atoms with Gasteiger partial charge in [0, 0.05) is 12.1 Å². The first kappa shape index (κ1) is 12.2. The average Bonchev–Trinajstić information content (AvgIpc) is 2.17. The summed E-state index contributed by atoms with van der Waals surface area (Å²) in [4.78, 5) is 0. The summed E-state index contributed by atoms with van der Waals surface area (Å²) in [6.45, 7) is 6.09. The Bertz CT molecular complexity index is 328. The van der Waals surface area contributed by atoms with Gasteiger partial charge in [0.1, 0.15) is 5.82 Å². The van der Waals surface area contributed by atoms with Crippen LogP contribution < -0.4 is 5.46 Å². The Kier molecular flexibility index (Phi) is 4.30. The van der Waals surface area contributed by atoms with E-state index in [-0.39, 0.29) is 11.4 Å². The van der Waals surface area contributed by atoms with Gasteiger partial charge in [-0.2, -0.15) is 0 Å². The van der Waals surface area contributed by atoms with Gasteiger partial charge >= 0.3 is 7.12 Å². The van der Waals surface area contributed by atoms with Crippen LogP contribution in [0.15, 0.2) is 18.2 Å². The van der Waals surface area contributed by atoms with Crippen molar-refractivity contribution < 1.29 is 14.1 Å². The first-order chi connectivity index (χ1) is 7.06. The minimum Gasteiger partial charge on any atom is -0.423 e. The third-order valence-corrected chi connectivity index (χ3v) is 2.28. The van der Waals surface area contributed by atoms with Crippen LogP contribution in [0.1, 0.15) is 32.3 Å². The van der Waals surface area contributed by atoms with Crippen molar-refractivity contribution in [3.8, 4) is 0 Å². The van der Waals surface area contributed by atoms with Crippen LogP contribution in [-0.2, 0) is 4.65 Å². The number of halogens is 1. The number of hydrogen-bond donors (Lipinski definition) is 1. The fourth-order valence-electron chi connectivity index (χ4n) is 1.35. The Morgan fingerprint density at radius 2 is 2.13 bits per heavy atom. The van der Waals surface area contributed by atoms with Crippen molar-refractivity contribution >= 4 is 12.6 Å². The zero-order valence-electron chi connectivity index (χ0n) is 9.33. The van der Waals surface area contributed by atoms with Crippen LogP contribution in [0.25, 0.3) is 0 Å². The minimum absolute atomic E-state index is 0.196. The third-order valence-electron chi connectivity index (χ3n) is 2.28. The normalized spacial score (nSPS) is 10.8. The molecule has 0 spiro atoms. The Morgan fingerprint density at radius 3 is 2.60 bits per heavy atom. The van der Waals surface area contributed by atoms with Crippen molar-refractivity contribution in [3.05, 3.63) is 29.6 Å². The van der Waals surface area contributed by atoms with E-state index in [1.807, 2.05) is 19.9 Å². The van der Waals surface area contributed by atoms with Gasteiger partial charge < -0.3 is 9.68 Å². The number of hydrogen-bond acceptors (Lipinski definition) is 2. The van der Waals surface area contributed by atoms with E-state index in [2.05, 4.69) is 0 Å². The molecule has 2 nitrogen and oxygen atoms in total. The lowest BCUT2D eigenvalue weighted by atomic mass is 9.78. The highest BCUT2D eigenvalue weighted by atomic mass is 19.1. The molecule has 0 heterocycles. The van der Waals surface area contributed by atoms with E-state index in [4.69, 9.17) is 4.65 Å². The van der Waals surface area contributed by atoms with Crippen LogP contribution in [0.3, 0.4) is 0 Å². The average molecular weight is 210 g/mol. The predicted molar refractivity (Wildman–Crippen MR) is 59.7 cm³/mol. The summed E-state index contributed by atoms with van der Waals surface area (Å²) in [6, 6.07) is 4.83. The Labute approximate surface area is 90.2 Å². The topological polar surface area (TPSA) is 29.5 Å². The maximum atomic E-state index is 13.5.